The van der Waals surface area contributed by atoms with Crippen molar-refractivity contribution in [3.05, 3.63) is 57.7 Å². The summed E-state index contributed by atoms with van der Waals surface area (Å²) in [7, 11) is 0. The highest BCUT2D eigenvalue weighted by atomic mass is 79.9. The van der Waals surface area contributed by atoms with Crippen LogP contribution in [-0.2, 0) is 16.1 Å². The van der Waals surface area contributed by atoms with E-state index in [1.807, 2.05) is 30.3 Å². The summed E-state index contributed by atoms with van der Waals surface area (Å²) >= 11 is 9.12. The Hall–Kier alpha value is -1.83. The van der Waals surface area contributed by atoms with Gasteiger partial charge in [0.25, 0.3) is 0 Å². The maximum atomic E-state index is 11.0. The number of nitrogens with zero attached hydrogens (tertiary/aromatic N) is 1. The van der Waals surface area contributed by atoms with Crippen molar-refractivity contribution in [2.24, 2.45) is 5.73 Å². The molecule has 1 unspecified atom stereocenters. The fourth-order valence-corrected chi connectivity index (χ4v) is 2.60. The first-order valence-corrected chi connectivity index (χ1v) is 8.23. The highest BCUT2D eigenvalue weighted by Gasteiger charge is 2.16. The van der Waals surface area contributed by atoms with Gasteiger partial charge in [-0.2, -0.15) is 0 Å². The predicted octanol–water partition coefficient (Wildman–Crippen LogP) is 3.56. The van der Waals surface area contributed by atoms with Gasteiger partial charge in [0.05, 0.1) is 22.7 Å². The van der Waals surface area contributed by atoms with Gasteiger partial charge in [0.15, 0.2) is 6.10 Å². The van der Waals surface area contributed by atoms with Gasteiger partial charge >= 0.3 is 6.09 Å². The van der Waals surface area contributed by atoms with Gasteiger partial charge in [-0.1, -0.05) is 41.9 Å². The van der Waals surface area contributed by atoms with Gasteiger partial charge in [0.1, 0.15) is 6.61 Å². The molecule has 0 bridgehead atoms. The van der Waals surface area contributed by atoms with Crippen LogP contribution in [0.25, 0.3) is 0 Å². The first-order chi connectivity index (χ1) is 11.5. The highest BCUT2D eigenvalue weighted by Crippen LogP contribution is 2.25. The van der Waals surface area contributed by atoms with Gasteiger partial charge in [0.2, 0.25) is 5.88 Å². The summed E-state index contributed by atoms with van der Waals surface area (Å²) in [6, 6.07) is 11.3. The van der Waals surface area contributed by atoms with Crippen LogP contribution in [0.2, 0.25) is 5.02 Å². The van der Waals surface area contributed by atoms with E-state index in [1.54, 1.807) is 6.07 Å². The molecule has 24 heavy (non-hydrogen) atoms. The minimum Gasteiger partial charge on any atom is -0.473 e. The number of amides is 1. The molecule has 0 aliphatic heterocycles. The maximum absolute atomic E-state index is 11.0. The molecule has 0 saturated heterocycles. The zero-order valence-electron chi connectivity index (χ0n) is 12.7. The number of nitrogens with two attached hydrogens (primary N) is 1. The first kappa shape index (κ1) is 18.5. The molecule has 128 valence electrons. The van der Waals surface area contributed by atoms with Crippen LogP contribution in [0.15, 0.2) is 47.1 Å². The Kier molecular flexibility index (Phi) is 7.30. The van der Waals surface area contributed by atoms with Gasteiger partial charge in [-0.15, -0.1) is 0 Å². The standard InChI is InChI=1S/C16H16BrClN2O4/c17-14-6-12(18)7-20-15(14)23-10-13(24-16(19)21)9-22-8-11-4-2-1-3-5-11/h1-7,13H,8-10H2,(H2,19,21). The molecule has 0 aliphatic carbocycles. The number of hydrogen-bond donors (Lipinski definition) is 1. The van der Waals surface area contributed by atoms with Gasteiger partial charge in [-0.05, 0) is 27.6 Å². The number of carbonyl (C=O) groups is 1. The second-order valence-corrected chi connectivity index (χ2v) is 6.10. The molecular weight excluding hydrogens is 400 g/mol. The minimum atomic E-state index is -0.893. The monoisotopic (exact) mass is 414 g/mol. The van der Waals surface area contributed by atoms with Crippen molar-refractivity contribution in [3.8, 4) is 5.88 Å². The van der Waals surface area contributed by atoms with Gasteiger partial charge in [0, 0.05) is 6.20 Å². The molecule has 2 aromatic rings. The molecule has 6 nitrogen and oxygen atoms in total. The van der Waals surface area contributed by atoms with E-state index in [4.69, 9.17) is 31.5 Å². The Bertz CT molecular complexity index is 672. The molecule has 1 aromatic heterocycles. The molecule has 1 heterocycles. The predicted molar refractivity (Wildman–Crippen MR) is 93.0 cm³/mol. The van der Waals surface area contributed by atoms with Crippen molar-refractivity contribution in [2.75, 3.05) is 13.2 Å². The lowest BCUT2D eigenvalue weighted by molar-refractivity contribution is -0.00496. The fourth-order valence-electron chi connectivity index (χ4n) is 1.84. The Morgan fingerprint density at radius 3 is 2.71 bits per heavy atom. The number of carbonyl (C=O) groups excluding carboxylic acids is 1. The number of rotatable bonds is 8. The van der Waals surface area contributed by atoms with Gasteiger partial charge in [-0.25, -0.2) is 9.78 Å². The quantitative estimate of drug-likeness (QED) is 0.713. The largest absolute Gasteiger partial charge is 0.473 e. The molecule has 8 heteroatoms. The number of ether oxygens (including phenoxy) is 3. The Balaban J connectivity index is 1.86. The third-order valence-corrected chi connectivity index (χ3v) is 3.65. The third-order valence-electron chi connectivity index (χ3n) is 2.88. The number of hydrogen-bond acceptors (Lipinski definition) is 5. The van der Waals surface area contributed by atoms with E-state index in [9.17, 15) is 4.79 Å². The Morgan fingerprint density at radius 1 is 1.29 bits per heavy atom. The van der Waals surface area contributed by atoms with Crippen LogP contribution in [0, 0.1) is 0 Å². The van der Waals surface area contributed by atoms with Crippen LogP contribution in [0.1, 0.15) is 5.56 Å². The number of aromatic nitrogens is 1. The molecule has 0 spiro atoms. The molecule has 0 saturated carbocycles. The average Bonchev–Trinajstić information content (AvgIpc) is 2.54. The summed E-state index contributed by atoms with van der Waals surface area (Å²) in [5.41, 5.74) is 6.09. The SMILES string of the molecule is NC(=O)OC(COCc1ccccc1)COc1ncc(Cl)cc1Br. The van der Waals surface area contributed by atoms with Crippen molar-refractivity contribution in [1.82, 2.24) is 4.98 Å². The molecule has 1 aromatic carbocycles. The summed E-state index contributed by atoms with van der Waals surface area (Å²) in [5.74, 6) is 0.334. The van der Waals surface area contributed by atoms with E-state index in [1.165, 1.54) is 6.20 Å². The summed E-state index contributed by atoms with van der Waals surface area (Å²) in [6.07, 6.45) is -0.0945. The van der Waals surface area contributed by atoms with Crippen LogP contribution < -0.4 is 10.5 Å². The van der Waals surface area contributed by atoms with E-state index < -0.39 is 12.2 Å². The van der Waals surface area contributed by atoms with Crippen LogP contribution in [0.3, 0.4) is 0 Å². The molecule has 0 fully saturated rings. The van der Waals surface area contributed by atoms with Crippen LogP contribution in [0.5, 0.6) is 5.88 Å². The van der Waals surface area contributed by atoms with Crippen molar-refractivity contribution >= 4 is 33.6 Å². The number of halogens is 2. The minimum absolute atomic E-state index is 0.0466. The number of pyridine rings is 1. The topological polar surface area (TPSA) is 83.7 Å². The first-order valence-electron chi connectivity index (χ1n) is 7.06. The second kappa shape index (κ2) is 9.46. The van der Waals surface area contributed by atoms with Gasteiger partial charge in [-0.3, -0.25) is 0 Å². The lowest BCUT2D eigenvalue weighted by Crippen LogP contribution is -2.32. The van der Waals surface area contributed by atoms with Crippen LogP contribution in [0.4, 0.5) is 4.79 Å². The Labute approximate surface area is 153 Å². The molecule has 1 amide bonds. The summed E-state index contributed by atoms with van der Waals surface area (Å²) in [5, 5.41) is 0.477. The Morgan fingerprint density at radius 2 is 2.04 bits per heavy atom. The summed E-state index contributed by atoms with van der Waals surface area (Å²) in [6.45, 7) is 0.580. The molecule has 2 rings (SSSR count). The van der Waals surface area contributed by atoms with E-state index in [-0.39, 0.29) is 13.2 Å². The zero-order chi connectivity index (χ0) is 17.4. The molecule has 2 N–H and O–H groups in total. The van der Waals surface area contributed by atoms with Crippen molar-refractivity contribution < 1.29 is 19.0 Å². The van der Waals surface area contributed by atoms with Crippen molar-refractivity contribution in [3.63, 3.8) is 0 Å². The smallest absolute Gasteiger partial charge is 0.404 e. The average molecular weight is 416 g/mol. The fraction of sp³-hybridized carbons (Fsp3) is 0.250. The van der Waals surface area contributed by atoms with E-state index >= 15 is 0 Å². The van der Waals surface area contributed by atoms with Gasteiger partial charge < -0.3 is 19.9 Å². The van der Waals surface area contributed by atoms with Crippen LogP contribution >= 0.6 is 27.5 Å². The lowest BCUT2D eigenvalue weighted by Gasteiger charge is -2.17. The molecule has 0 radical (unpaired) electrons. The van der Waals surface area contributed by atoms with Crippen LogP contribution in [-0.4, -0.2) is 30.4 Å². The highest BCUT2D eigenvalue weighted by molar-refractivity contribution is 9.10. The molecule has 0 aliphatic rings. The molecular formula is C16H16BrClN2O4. The lowest BCUT2D eigenvalue weighted by atomic mass is 10.2. The third kappa shape index (κ3) is 6.35. The zero-order valence-corrected chi connectivity index (χ0v) is 15.0. The van der Waals surface area contributed by atoms with E-state index in [0.29, 0.717) is 22.0 Å². The molecule has 1 atom stereocenters. The number of primary amides is 1. The normalized spacial score (nSPS) is 11.8. The summed E-state index contributed by atoms with van der Waals surface area (Å²) in [4.78, 5) is 15.1. The number of benzene rings is 1. The second-order valence-electron chi connectivity index (χ2n) is 4.81. The maximum Gasteiger partial charge on any atom is 0.404 e. The summed E-state index contributed by atoms with van der Waals surface area (Å²) < 4.78 is 16.7. The van der Waals surface area contributed by atoms with Crippen molar-refractivity contribution in [2.45, 2.75) is 12.7 Å². The van der Waals surface area contributed by atoms with E-state index in [0.717, 1.165) is 5.56 Å². The van der Waals surface area contributed by atoms with E-state index in [2.05, 4.69) is 20.9 Å². The van der Waals surface area contributed by atoms with Crippen molar-refractivity contribution in [1.29, 1.82) is 0 Å².